The number of hydrogen-bond acceptors (Lipinski definition) is 3. The quantitative estimate of drug-likeness (QED) is 0.755. The number of rotatable bonds is 1. The highest BCUT2D eigenvalue weighted by molar-refractivity contribution is 5.62. The van der Waals surface area contributed by atoms with Gasteiger partial charge in [0.2, 0.25) is 0 Å². The Labute approximate surface area is 92.6 Å². The SMILES string of the molecule is Cn1c(-c2ccc(O)cc2)ccc(N)c1=O. The lowest BCUT2D eigenvalue weighted by Crippen LogP contribution is -2.21. The monoisotopic (exact) mass is 216 g/mol. The van der Waals surface area contributed by atoms with Crippen molar-refractivity contribution in [2.75, 3.05) is 5.73 Å². The summed E-state index contributed by atoms with van der Waals surface area (Å²) in [6.07, 6.45) is 0. The van der Waals surface area contributed by atoms with Crippen LogP contribution in [0, 0.1) is 0 Å². The van der Waals surface area contributed by atoms with E-state index in [0.29, 0.717) is 0 Å². The summed E-state index contributed by atoms with van der Waals surface area (Å²) in [5.74, 6) is 0.198. The highest BCUT2D eigenvalue weighted by Gasteiger charge is 2.05. The Balaban J connectivity index is 2.61. The largest absolute Gasteiger partial charge is 0.508 e. The van der Waals surface area contributed by atoms with Crippen LogP contribution >= 0.6 is 0 Å². The molecule has 1 aromatic heterocycles. The summed E-state index contributed by atoms with van der Waals surface area (Å²) in [5, 5.41) is 9.18. The highest BCUT2D eigenvalue weighted by atomic mass is 16.3. The van der Waals surface area contributed by atoms with Crippen LogP contribution in [-0.4, -0.2) is 9.67 Å². The van der Waals surface area contributed by atoms with Crippen LogP contribution in [0.2, 0.25) is 0 Å². The second kappa shape index (κ2) is 3.73. The van der Waals surface area contributed by atoms with Crippen LogP contribution in [0.5, 0.6) is 5.75 Å². The molecule has 0 spiro atoms. The van der Waals surface area contributed by atoms with Crippen LogP contribution in [0.15, 0.2) is 41.2 Å². The van der Waals surface area contributed by atoms with E-state index in [0.717, 1.165) is 11.3 Å². The van der Waals surface area contributed by atoms with Gasteiger partial charge in [-0.2, -0.15) is 0 Å². The summed E-state index contributed by atoms with van der Waals surface area (Å²) in [4.78, 5) is 11.6. The normalized spacial score (nSPS) is 10.3. The van der Waals surface area contributed by atoms with Crippen molar-refractivity contribution in [2.24, 2.45) is 7.05 Å². The van der Waals surface area contributed by atoms with Crippen LogP contribution in [0.4, 0.5) is 5.69 Å². The van der Waals surface area contributed by atoms with Gasteiger partial charge in [0.1, 0.15) is 5.75 Å². The van der Waals surface area contributed by atoms with Crippen LogP contribution in [0.1, 0.15) is 0 Å². The number of aromatic hydroxyl groups is 1. The smallest absolute Gasteiger partial charge is 0.273 e. The van der Waals surface area contributed by atoms with Gasteiger partial charge in [0.25, 0.3) is 5.56 Å². The summed E-state index contributed by atoms with van der Waals surface area (Å²) in [6, 6.07) is 10.0. The molecule has 0 amide bonds. The molecule has 16 heavy (non-hydrogen) atoms. The molecule has 0 aliphatic carbocycles. The van der Waals surface area contributed by atoms with Crippen molar-refractivity contribution in [2.45, 2.75) is 0 Å². The number of nitrogen functional groups attached to an aromatic ring is 1. The summed E-state index contributed by atoms with van der Waals surface area (Å²) in [6.45, 7) is 0. The molecule has 0 radical (unpaired) electrons. The number of benzene rings is 1. The number of aromatic nitrogens is 1. The minimum atomic E-state index is -0.217. The van der Waals surface area contributed by atoms with E-state index in [-0.39, 0.29) is 17.0 Å². The molecule has 0 fully saturated rings. The molecule has 1 aromatic carbocycles. The summed E-state index contributed by atoms with van der Waals surface area (Å²) >= 11 is 0. The van der Waals surface area contributed by atoms with Crippen molar-refractivity contribution >= 4 is 5.69 Å². The third-order valence-electron chi connectivity index (χ3n) is 2.50. The number of nitrogens with two attached hydrogens (primary N) is 1. The molecule has 2 rings (SSSR count). The zero-order chi connectivity index (χ0) is 11.7. The molecule has 0 bridgehead atoms. The molecule has 0 atom stereocenters. The van der Waals surface area contributed by atoms with E-state index in [4.69, 9.17) is 5.73 Å². The van der Waals surface area contributed by atoms with E-state index in [1.54, 1.807) is 43.4 Å². The van der Waals surface area contributed by atoms with Crippen molar-refractivity contribution in [3.8, 4) is 17.0 Å². The van der Waals surface area contributed by atoms with E-state index < -0.39 is 0 Å². The Bertz CT molecular complexity index is 571. The summed E-state index contributed by atoms with van der Waals surface area (Å²) in [5.41, 5.74) is 7.15. The van der Waals surface area contributed by atoms with E-state index in [1.807, 2.05) is 0 Å². The molecule has 82 valence electrons. The average molecular weight is 216 g/mol. The maximum Gasteiger partial charge on any atom is 0.273 e. The predicted molar refractivity (Wildman–Crippen MR) is 63.2 cm³/mol. The van der Waals surface area contributed by atoms with Gasteiger partial charge in [0.05, 0.1) is 11.4 Å². The molecule has 0 saturated carbocycles. The van der Waals surface area contributed by atoms with Crippen LogP contribution < -0.4 is 11.3 Å². The molecule has 4 nitrogen and oxygen atoms in total. The van der Waals surface area contributed by atoms with Crippen LogP contribution in [0.3, 0.4) is 0 Å². The number of pyridine rings is 1. The lowest BCUT2D eigenvalue weighted by atomic mass is 10.1. The van der Waals surface area contributed by atoms with Gasteiger partial charge in [-0.25, -0.2) is 0 Å². The number of phenols is 1. The Morgan fingerprint density at radius 1 is 1.12 bits per heavy atom. The maximum atomic E-state index is 11.6. The van der Waals surface area contributed by atoms with Gasteiger partial charge in [-0.1, -0.05) is 0 Å². The van der Waals surface area contributed by atoms with Crippen molar-refractivity contribution in [1.82, 2.24) is 4.57 Å². The van der Waals surface area contributed by atoms with Crippen LogP contribution in [-0.2, 0) is 7.05 Å². The Morgan fingerprint density at radius 3 is 2.38 bits per heavy atom. The van der Waals surface area contributed by atoms with Gasteiger partial charge in [0.15, 0.2) is 0 Å². The first-order chi connectivity index (χ1) is 7.59. The number of nitrogens with zero attached hydrogens (tertiary/aromatic N) is 1. The predicted octanol–water partition coefficient (Wildman–Crippen LogP) is 1.34. The van der Waals surface area contributed by atoms with Crippen LogP contribution in [0.25, 0.3) is 11.3 Å². The number of phenolic OH excluding ortho intramolecular Hbond substituents is 1. The molecule has 0 saturated heterocycles. The first kappa shape index (κ1) is 10.3. The zero-order valence-corrected chi connectivity index (χ0v) is 8.84. The van der Waals surface area contributed by atoms with Crippen molar-refractivity contribution in [1.29, 1.82) is 0 Å². The molecule has 0 unspecified atom stereocenters. The van der Waals surface area contributed by atoms with E-state index >= 15 is 0 Å². The third-order valence-corrected chi connectivity index (χ3v) is 2.50. The average Bonchev–Trinajstić information content (AvgIpc) is 2.28. The molecule has 4 heteroatoms. The molecular formula is C12H12N2O2. The fourth-order valence-electron chi connectivity index (χ4n) is 1.58. The van der Waals surface area contributed by atoms with Crippen molar-refractivity contribution < 1.29 is 5.11 Å². The summed E-state index contributed by atoms with van der Waals surface area (Å²) in [7, 11) is 1.67. The number of hydrogen-bond donors (Lipinski definition) is 2. The first-order valence-corrected chi connectivity index (χ1v) is 4.84. The Hall–Kier alpha value is -2.23. The van der Waals surface area contributed by atoms with E-state index in [9.17, 15) is 9.90 Å². The minimum Gasteiger partial charge on any atom is -0.508 e. The Morgan fingerprint density at radius 2 is 1.75 bits per heavy atom. The molecule has 0 aliphatic heterocycles. The van der Waals surface area contributed by atoms with E-state index in [2.05, 4.69) is 0 Å². The van der Waals surface area contributed by atoms with Gasteiger partial charge >= 0.3 is 0 Å². The maximum absolute atomic E-state index is 11.6. The first-order valence-electron chi connectivity index (χ1n) is 4.84. The van der Waals surface area contributed by atoms with Crippen molar-refractivity contribution in [3.63, 3.8) is 0 Å². The topological polar surface area (TPSA) is 68.2 Å². The lowest BCUT2D eigenvalue weighted by Gasteiger charge is -2.08. The van der Waals surface area contributed by atoms with Gasteiger partial charge in [-0.15, -0.1) is 0 Å². The fraction of sp³-hybridized carbons (Fsp3) is 0.0833. The highest BCUT2D eigenvalue weighted by Crippen LogP contribution is 2.20. The van der Waals surface area contributed by atoms with E-state index in [1.165, 1.54) is 4.57 Å². The molecule has 3 N–H and O–H groups in total. The molecule has 1 heterocycles. The minimum absolute atomic E-state index is 0.198. The standard InChI is InChI=1S/C12H12N2O2/c1-14-11(7-6-10(13)12(14)16)8-2-4-9(15)5-3-8/h2-7,15H,13H2,1H3. The van der Waals surface area contributed by atoms with Gasteiger partial charge < -0.3 is 15.4 Å². The van der Waals surface area contributed by atoms with Gasteiger partial charge in [-0.05, 0) is 42.0 Å². The second-order valence-electron chi connectivity index (χ2n) is 3.58. The molecule has 2 aromatic rings. The molecule has 0 aliphatic rings. The lowest BCUT2D eigenvalue weighted by molar-refractivity contribution is 0.475. The van der Waals surface area contributed by atoms with Gasteiger partial charge in [0, 0.05) is 7.05 Å². The summed E-state index contributed by atoms with van der Waals surface area (Å²) < 4.78 is 1.49. The second-order valence-corrected chi connectivity index (χ2v) is 3.58. The number of anilines is 1. The Kier molecular flexibility index (Phi) is 2.40. The van der Waals surface area contributed by atoms with Crippen molar-refractivity contribution in [3.05, 3.63) is 46.8 Å². The zero-order valence-electron chi connectivity index (χ0n) is 8.84. The third kappa shape index (κ3) is 1.65. The fourth-order valence-corrected chi connectivity index (χ4v) is 1.58. The molecular weight excluding hydrogens is 204 g/mol. The van der Waals surface area contributed by atoms with Gasteiger partial charge in [-0.3, -0.25) is 4.79 Å².